The van der Waals surface area contributed by atoms with Crippen LogP contribution in [0.15, 0.2) is 42.5 Å². The van der Waals surface area contributed by atoms with Crippen LogP contribution in [0.25, 0.3) is 0 Å². The van der Waals surface area contributed by atoms with Crippen LogP contribution in [0.3, 0.4) is 0 Å². The molecule has 2 aromatic rings. The first kappa shape index (κ1) is 15.9. The summed E-state index contributed by atoms with van der Waals surface area (Å²) in [5.74, 6) is -0.395. The summed E-state index contributed by atoms with van der Waals surface area (Å²) in [4.78, 5) is 0. The Labute approximate surface area is 128 Å². The van der Waals surface area contributed by atoms with Crippen LogP contribution in [-0.2, 0) is 12.8 Å². The molecular formula is C17H18ClF2N. The third-order valence-electron chi connectivity index (χ3n) is 3.46. The Kier molecular flexibility index (Phi) is 5.71. The van der Waals surface area contributed by atoms with Gasteiger partial charge in [0.15, 0.2) is 0 Å². The fourth-order valence-corrected chi connectivity index (χ4v) is 2.76. The van der Waals surface area contributed by atoms with E-state index in [-0.39, 0.29) is 17.6 Å². The zero-order chi connectivity index (χ0) is 15.2. The SMILES string of the molecule is CNCC(Cc1cccc(F)c1)Cc1c(F)cccc1Cl. The molecule has 0 aromatic heterocycles. The Morgan fingerprint density at radius 2 is 1.86 bits per heavy atom. The topological polar surface area (TPSA) is 12.0 Å². The Balaban J connectivity index is 2.16. The second-order valence-electron chi connectivity index (χ2n) is 5.16. The van der Waals surface area contributed by atoms with Gasteiger partial charge < -0.3 is 5.32 Å². The predicted octanol–water partition coefficient (Wildman–Crippen LogP) is 4.24. The molecule has 0 aliphatic carbocycles. The molecule has 1 unspecified atom stereocenters. The molecular weight excluding hydrogens is 292 g/mol. The average Bonchev–Trinajstić information content (AvgIpc) is 2.43. The zero-order valence-electron chi connectivity index (χ0n) is 11.9. The number of benzene rings is 2. The van der Waals surface area contributed by atoms with Crippen LogP contribution in [0.2, 0.25) is 5.02 Å². The molecule has 0 amide bonds. The highest BCUT2D eigenvalue weighted by Gasteiger charge is 2.15. The number of hydrogen-bond acceptors (Lipinski definition) is 1. The van der Waals surface area contributed by atoms with Gasteiger partial charge in [-0.1, -0.05) is 29.8 Å². The molecule has 0 radical (unpaired) electrons. The maximum Gasteiger partial charge on any atom is 0.127 e. The van der Waals surface area contributed by atoms with Gasteiger partial charge in [0.25, 0.3) is 0 Å². The van der Waals surface area contributed by atoms with Gasteiger partial charge in [0, 0.05) is 10.6 Å². The van der Waals surface area contributed by atoms with Crippen molar-refractivity contribution in [1.82, 2.24) is 5.32 Å². The van der Waals surface area contributed by atoms with Crippen LogP contribution < -0.4 is 5.32 Å². The lowest BCUT2D eigenvalue weighted by atomic mass is 9.92. The molecule has 1 N–H and O–H groups in total. The number of halogens is 3. The highest BCUT2D eigenvalue weighted by atomic mass is 35.5. The fraction of sp³-hybridized carbons (Fsp3) is 0.294. The number of rotatable bonds is 6. The van der Waals surface area contributed by atoms with E-state index in [2.05, 4.69) is 5.32 Å². The molecule has 0 saturated heterocycles. The molecule has 112 valence electrons. The molecule has 0 heterocycles. The predicted molar refractivity (Wildman–Crippen MR) is 82.6 cm³/mol. The van der Waals surface area contributed by atoms with E-state index in [1.807, 2.05) is 13.1 Å². The lowest BCUT2D eigenvalue weighted by molar-refractivity contribution is 0.478. The van der Waals surface area contributed by atoms with Crippen LogP contribution in [0.1, 0.15) is 11.1 Å². The van der Waals surface area contributed by atoms with Gasteiger partial charge in [-0.15, -0.1) is 0 Å². The summed E-state index contributed by atoms with van der Waals surface area (Å²) in [5.41, 5.74) is 1.43. The molecule has 21 heavy (non-hydrogen) atoms. The molecule has 1 nitrogen and oxygen atoms in total. The van der Waals surface area contributed by atoms with Crippen LogP contribution in [-0.4, -0.2) is 13.6 Å². The smallest absolute Gasteiger partial charge is 0.127 e. The van der Waals surface area contributed by atoms with Crippen LogP contribution in [0.5, 0.6) is 0 Å². The Hall–Kier alpha value is -1.45. The first-order valence-electron chi connectivity index (χ1n) is 6.92. The minimum Gasteiger partial charge on any atom is -0.319 e. The normalized spacial score (nSPS) is 12.4. The maximum absolute atomic E-state index is 13.9. The molecule has 0 aliphatic rings. The van der Waals surface area contributed by atoms with E-state index in [9.17, 15) is 8.78 Å². The molecule has 2 rings (SSSR count). The van der Waals surface area contributed by atoms with Crippen molar-refractivity contribution in [2.75, 3.05) is 13.6 Å². The van der Waals surface area contributed by atoms with Crippen LogP contribution >= 0.6 is 11.6 Å². The largest absolute Gasteiger partial charge is 0.319 e. The van der Waals surface area contributed by atoms with Crippen LogP contribution in [0.4, 0.5) is 8.78 Å². The third kappa shape index (κ3) is 4.51. The standard InChI is InChI=1S/C17H18ClF2N/c1-21-11-13(8-12-4-2-5-14(19)9-12)10-15-16(18)6-3-7-17(15)20/h2-7,9,13,21H,8,10-11H2,1H3. The molecule has 1 atom stereocenters. The van der Waals surface area contributed by atoms with Crippen molar-refractivity contribution < 1.29 is 8.78 Å². The summed E-state index contributed by atoms with van der Waals surface area (Å²) in [5, 5.41) is 3.54. The van der Waals surface area contributed by atoms with Gasteiger partial charge in [0.1, 0.15) is 11.6 Å². The van der Waals surface area contributed by atoms with Crippen molar-refractivity contribution in [1.29, 1.82) is 0 Å². The van der Waals surface area contributed by atoms with Crippen molar-refractivity contribution >= 4 is 11.6 Å². The average molecular weight is 310 g/mol. The first-order valence-corrected chi connectivity index (χ1v) is 7.30. The van der Waals surface area contributed by atoms with Gasteiger partial charge in [-0.05, 0) is 62.2 Å². The second kappa shape index (κ2) is 7.53. The quantitative estimate of drug-likeness (QED) is 0.841. The minimum atomic E-state index is -0.289. The summed E-state index contributed by atoms with van der Waals surface area (Å²) >= 11 is 6.08. The van der Waals surface area contributed by atoms with E-state index in [0.717, 1.165) is 5.56 Å². The molecule has 0 aliphatic heterocycles. The minimum absolute atomic E-state index is 0.145. The Morgan fingerprint density at radius 3 is 2.52 bits per heavy atom. The summed E-state index contributed by atoms with van der Waals surface area (Å²) in [6.45, 7) is 0.710. The monoisotopic (exact) mass is 309 g/mol. The summed E-state index contributed by atoms with van der Waals surface area (Å²) in [7, 11) is 1.85. The summed E-state index contributed by atoms with van der Waals surface area (Å²) < 4.78 is 27.2. The van der Waals surface area contributed by atoms with E-state index in [0.29, 0.717) is 30.0 Å². The lowest BCUT2D eigenvalue weighted by Crippen LogP contribution is -2.23. The van der Waals surface area contributed by atoms with Gasteiger partial charge in [0.05, 0.1) is 0 Å². The van der Waals surface area contributed by atoms with Crippen LogP contribution in [0, 0.1) is 17.6 Å². The van der Waals surface area contributed by atoms with Gasteiger partial charge in [-0.3, -0.25) is 0 Å². The van der Waals surface area contributed by atoms with Crippen molar-refractivity contribution in [2.24, 2.45) is 5.92 Å². The first-order chi connectivity index (χ1) is 10.1. The third-order valence-corrected chi connectivity index (χ3v) is 3.81. The van der Waals surface area contributed by atoms with E-state index in [1.54, 1.807) is 18.2 Å². The number of hydrogen-bond donors (Lipinski definition) is 1. The fourth-order valence-electron chi connectivity index (χ4n) is 2.52. The van der Waals surface area contributed by atoms with Gasteiger partial charge >= 0.3 is 0 Å². The zero-order valence-corrected chi connectivity index (χ0v) is 12.6. The molecule has 0 bridgehead atoms. The van der Waals surface area contributed by atoms with E-state index in [4.69, 9.17) is 11.6 Å². The van der Waals surface area contributed by atoms with Gasteiger partial charge in [0.2, 0.25) is 0 Å². The summed E-state index contributed by atoms with van der Waals surface area (Å²) in [6.07, 6.45) is 1.19. The van der Waals surface area contributed by atoms with E-state index < -0.39 is 0 Å². The van der Waals surface area contributed by atoms with Crippen molar-refractivity contribution in [3.63, 3.8) is 0 Å². The molecule has 0 spiro atoms. The van der Waals surface area contributed by atoms with Crippen molar-refractivity contribution in [2.45, 2.75) is 12.8 Å². The highest BCUT2D eigenvalue weighted by molar-refractivity contribution is 6.31. The second-order valence-corrected chi connectivity index (χ2v) is 5.57. The lowest BCUT2D eigenvalue weighted by Gasteiger charge is -2.18. The maximum atomic E-state index is 13.9. The molecule has 0 saturated carbocycles. The molecule has 4 heteroatoms. The Morgan fingerprint density at radius 1 is 1.10 bits per heavy atom. The summed E-state index contributed by atoms with van der Waals surface area (Å²) in [6, 6.07) is 11.2. The Bertz CT molecular complexity index is 581. The van der Waals surface area contributed by atoms with Crippen molar-refractivity contribution in [3.05, 3.63) is 70.2 Å². The highest BCUT2D eigenvalue weighted by Crippen LogP contribution is 2.24. The molecule has 2 aromatic carbocycles. The van der Waals surface area contributed by atoms with Crippen molar-refractivity contribution in [3.8, 4) is 0 Å². The number of nitrogens with one attached hydrogen (secondary N) is 1. The van der Waals surface area contributed by atoms with E-state index in [1.165, 1.54) is 18.2 Å². The van der Waals surface area contributed by atoms with E-state index >= 15 is 0 Å². The molecule has 0 fully saturated rings. The van der Waals surface area contributed by atoms with Gasteiger partial charge in [-0.25, -0.2) is 8.78 Å². The van der Waals surface area contributed by atoms with Gasteiger partial charge in [-0.2, -0.15) is 0 Å².